The number of carbonyl (C=O) groups excluding carboxylic acids is 1. The van der Waals surface area contributed by atoms with Gasteiger partial charge in [-0.05, 0) is 62.3 Å². The van der Waals surface area contributed by atoms with Crippen LogP contribution in [0, 0.1) is 11.3 Å². The molecule has 0 spiro atoms. The van der Waals surface area contributed by atoms with Crippen molar-refractivity contribution in [1.29, 1.82) is 5.26 Å². The number of carbonyl (C=O) groups is 1. The molecule has 6 nitrogen and oxygen atoms in total. The van der Waals surface area contributed by atoms with E-state index in [0.717, 1.165) is 61.6 Å². The van der Waals surface area contributed by atoms with Gasteiger partial charge in [0.1, 0.15) is 10.9 Å². The molecule has 2 aliphatic rings. The van der Waals surface area contributed by atoms with E-state index in [4.69, 9.17) is 21.8 Å². The van der Waals surface area contributed by atoms with E-state index in [1.54, 1.807) is 29.5 Å². The Bertz CT molecular complexity index is 1330. The maximum atomic E-state index is 13.7. The summed E-state index contributed by atoms with van der Waals surface area (Å²) in [4.78, 5) is 33.3. The number of aromatic nitrogens is 2. The number of aryl methyl sites for hydroxylation is 2. The third kappa shape index (κ3) is 4.42. The summed E-state index contributed by atoms with van der Waals surface area (Å²) in [5.74, 6) is -0.0773. The Kier molecular flexibility index (Phi) is 6.46. The Morgan fingerprint density at radius 2 is 2.06 bits per heavy atom. The molecule has 0 radical (unpaired) electrons. The van der Waals surface area contributed by atoms with Crippen LogP contribution in [-0.2, 0) is 17.6 Å². The number of hydrogen-bond acceptors (Lipinski definition) is 6. The highest BCUT2D eigenvalue weighted by molar-refractivity contribution is 7.99. The number of benzene rings is 1. The van der Waals surface area contributed by atoms with E-state index in [-0.39, 0.29) is 23.3 Å². The van der Waals surface area contributed by atoms with E-state index >= 15 is 0 Å². The first-order chi connectivity index (χ1) is 16.0. The number of thiophene rings is 1. The normalized spacial score (nSPS) is 16.0. The van der Waals surface area contributed by atoms with Gasteiger partial charge in [0, 0.05) is 16.6 Å². The molecule has 2 aromatic heterocycles. The van der Waals surface area contributed by atoms with Crippen LogP contribution in [0.3, 0.4) is 0 Å². The van der Waals surface area contributed by atoms with Crippen LogP contribution in [0.4, 0.5) is 5.69 Å². The minimum Gasteiger partial charge on any atom is -0.325 e. The maximum absolute atomic E-state index is 13.7. The number of hydrogen-bond donors (Lipinski definition) is 1. The van der Waals surface area contributed by atoms with Crippen LogP contribution in [0.25, 0.3) is 10.2 Å². The number of thioether (sulfide) groups is 1. The van der Waals surface area contributed by atoms with Crippen LogP contribution >= 0.6 is 34.7 Å². The second-order valence-electron chi connectivity index (χ2n) is 8.54. The Hall–Kier alpha value is -2.34. The highest BCUT2D eigenvalue weighted by atomic mass is 35.5. The minimum atomic E-state index is -0.210. The van der Waals surface area contributed by atoms with Crippen molar-refractivity contribution in [2.75, 3.05) is 11.1 Å². The van der Waals surface area contributed by atoms with Gasteiger partial charge in [-0.1, -0.05) is 36.2 Å². The van der Waals surface area contributed by atoms with Crippen molar-refractivity contribution in [3.8, 4) is 6.07 Å². The van der Waals surface area contributed by atoms with Gasteiger partial charge in [-0.2, -0.15) is 5.26 Å². The van der Waals surface area contributed by atoms with Crippen molar-refractivity contribution in [1.82, 2.24) is 9.55 Å². The second kappa shape index (κ2) is 9.49. The monoisotopic (exact) mass is 498 g/mol. The quantitative estimate of drug-likeness (QED) is 0.359. The van der Waals surface area contributed by atoms with Crippen molar-refractivity contribution in [2.24, 2.45) is 0 Å². The Labute approximate surface area is 205 Å². The van der Waals surface area contributed by atoms with Crippen molar-refractivity contribution in [2.45, 2.75) is 62.6 Å². The topological polar surface area (TPSA) is 87.8 Å². The summed E-state index contributed by atoms with van der Waals surface area (Å²) >= 11 is 9.02. The van der Waals surface area contributed by atoms with E-state index in [1.165, 1.54) is 22.2 Å². The zero-order valence-electron chi connectivity index (χ0n) is 18.0. The van der Waals surface area contributed by atoms with Crippen LogP contribution in [0.5, 0.6) is 0 Å². The lowest BCUT2D eigenvalue weighted by molar-refractivity contribution is -0.113. The summed E-state index contributed by atoms with van der Waals surface area (Å²) in [6, 6.07) is 6.96. The number of nitrogens with zero attached hydrogens (tertiary/aromatic N) is 3. The summed E-state index contributed by atoms with van der Waals surface area (Å²) in [5.41, 5.74) is 2.17. The van der Waals surface area contributed by atoms with E-state index in [0.29, 0.717) is 21.4 Å². The van der Waals surface area contributed by atoms with Gasteiger partial charge in [0.25, 0.3) is 5.56 Å². The summed E-state index contributed by atoms with van der Waals surface area (Å²) in [5, 5.41) is 13.6. The molecule has 2 aliphatic carbocycles. The molecule has 2 heterocycles. The molecule has 9 heteroatoms. The predicted molar refractivity (Wildman–Crippen MR) is 134 cm³/mol. The van der Waals surface area contributed by atoms with Gasteiger partial charge in [-0.15, -0.1) is 11.3 Å². The number of nitrogens with one attached hydrogen (secondary N) is 1. The van der Waals surface area contributed by atoms with E-state index in [2.05, 4.69) is 5.32 Å². The molecule has 1 fully saturated rings. The number of fused-ring (bicyclic) bond motifs is 3. The Balaban J connectivity index is 1.43. The number of anilines is 1. The van der Waals surface area contributed by atoms with Crippen LogP contribution in [0.2, 0.25) is 5.02 Å². The Morgan fingerprint density at radius 3 is 2.82 bits per heavy atom. The fraction of sp³-hybridized carbons (Fsp3) is 0.417. The molecule has 0 aliphatic heterocycles. The lowest BCUT2D eigenvalue weighted by atomic mass is 9.97. The van der Waals surface area contributed by atoms with Crippen LogP contribution in [0.1, 0.15) is 60.6 Å². The van der Waals surface area contributed by atoms with Crippen molar-refractivity contribution < 1.29 is 4.79 Å². The minimum absolute atomic E-state index is 0.0630. The third-order valence-electron chi connectivity index (χ3n) is 6.38. The molecule has 0 saturated heterocycles. The first-order valence-corrected chi connectivity index (χ1v) is 13.4. The number of halogens is 1. The summed E-state index contributed by atoms with van der Waals surface area (Å²) in [6.07, 6.45) is 8.44. The van der Waals surface area contributed by atoms with E-state index < -0.39 is 0 Å². The van der Waals surface area contributed by atoms with Crippen molar-refractivity contribution in [3.05, 3.63) is 49.6 Å². The molecule has 5 rings (SSSR count). The highest BCUT2D eigenvalue weighted by Crippen LogP contribution is 2.37. The molecule has 0 unspecified atom stereocenters. The molecule has 33 heavy (non-hydrogen) atoms. The number of rotatable bonds is 5. The zero-order valence-corrected chi connectivity index (χ0v) is 20.4. The van der Waals surface area contributed by atoms with Gasteiger partial charge in [0.15, 0.2) is 5.16 Å². The molecule has 1 N–H and O–H groups in total. The second-order valence-corrected chi connectivity index (χ2v) is 11.0. The zero-order chi connectivity index (χ0) is 22.9. The first-order valence-electron chi connectivity index (χ1n) is 11.2. The average Bonchev–Trinajstić information content (AvgIpc) is 3.45. The molecule has 1 saturated carbocycles. The standard InChI is InChI=1S/C24H23ClN4O2S2/c25-18-11-15(10-9-14(18)12-26)27-20(30)13-32-24-28-22-21(17-7-3-4-8-19(17)33-22)23(31)29(24)16-5-1-2-6-16/h9-11,16H,1-8,13H2,(H,27,30). The average molecular weight is 499 g/mol. The third-order valence-corrected chi connectivity index (χ3v) is 8.84. The molecule has 170 valence electrons. The molecule has 0 atom stereocenters. The molecule has 0 bridgehead atoms. The Morgan fingerprint density at radius 1 is 1.27 bits per heavy atom. The van der Waals surface area contributed by atoms with Gasteiger partial charge < -0.3 is 5.32 Å². The smallest absolute Gasteiger partial charge is 0.263 e. The highest BCUT2D eigenvalue weighted by Gasteiger charge is 2.27. The molecule has 1 aromatic carbocycles. The number of nitriles is 1. The van der Waals surface area contributed by atoms with Gasteiger partial charge in [-0.3, -0.25) is 14.2 Å². The lowest BCUT2D eigenvalue weighted by Gasteiger charge is -2.18. The largest absolute Gasteiger partial charge is 0.325 e. The van der Waals surface area contributed by atoms with E-state index in [1.807, 2.05) is 10.6 Å². The SMILES string of the molecule is N#Cc1ccc(NC(=O)CSc2nc3sc4c(c3c(=O)n2C2CCCC2)CCCC4)cc1Cl. The summed E-state index contributed by atoms with van der Waals surface area (Å²) < 4.78 is 1.87. The molecule has 1 amide bonds. The van der Waals surface area contributed by atoms with Gasteiger partial charge in [0.05, 0.1) is 21.7 Å². The van der Waals surface area contributed by atoms with Crippen LogP contribution in [-0.4, -0.2) is 21.2 Å². The van der Waals surface area contributed by atoms with Crippen LogP contribution in [0.15, 0.2) is 28.2 Å². The van der Waals surface area contributed by atoms with Gasteiger partial charge in [-0.25, -0.2) is 4.98 Å². The van der Waals surface area contributed by atoms with Gasteiger partial charge >= 0.3 is 0 Å². The predicted octanol–water partition coefficient (Wildman–Crippen LogP) is 5.71. The van der Waals surface area contributed by atoms with Crippen molar-refractivity contribution >= 4 is 56.5 Å². The molecule has 3 aromatic rings. The summed E-state index contributed by atoms with van der Waals surface area (Å²) in [7, 11) is 0. The maximum Gasteiger partial charge on any atom is 0.263 e. The van der Waals surface area contributed by atoms with E-state index in [9.17, 15) is 9.59 Å². The molecular weight excluding hydrogens is 476 g/mol. The van der Waals surface area contributed by atoms with Crippen molar-refractivity contribution in [3.63, 3.8) is 0 Å². The van der Waals surface area contributed by atoms with Gasteiger partial charge in [0.2, 0.25) is 5.91 Å². The first kappa shape index (κ1) is 22.5. The van der Waals surface area contributed by atoms with Crippen LogP contribution < -0.4 is 10.9 Å². The summed E-state index contributed by atoms with van der Waals surface area (Å²) in [6.45, 7) is 0. The number of amides is 1. The fourth-order valence-electron chi connectivity index (χ4n) is 4.80. The molecular formula is C24H23ClN4O2S2. The lowest BCUT2D eigenvalue weighted by Crippen LogP contribution is -2.27. The fourth-order valence-corrected chi connectivity index (χ4v) is 7.19.